The second kappa shape index (κ2) is 8.07. The lowest BCUT2D eigenvalue weighted by molar-refractivity contribution is -0.111. The van der Waals surface area contributed by atoms with Gasteiger partial charge in [-0.25, -0.2) is 9.97 Å². The summed E-state index contributed by atoms with van der Waals surface area (Å²) in [6.45, 7) is 2.59. The van der Waals surface area contributed by atoms with Gasteiger partial charge in [-0.05, 0) is 44.8 Å². The molecule has 0 aliphatic heterocycles. The van der Waals surface area contributed by atoms with Crippen molar-refractivity contribution >= 4 is 17.4 Å². The van der Waals surface area contributed by atoms with Crippen LogP contribution in [0.2, 0.25) is 0 Å². The van der Waals surface area contributed by atoms with Gasteiger partial charge in [0.15, 0.2) is 0 Å². The number of anilines is 2. The monoisotopic (exact) mass is 327 g/mol. The summed E-state index contributed by atoms with van der Waals surface area (Å²) in [4.78, 5) is 22.0. The van der Waals surface area contributed by atoms with E-state index in [1.807, 2.05) is 25.9 Å². The van der Waals surface area contributed by atoms with Crippen LogP contribution < -0.4 is 15.8 Å². The summed E-state index contributed by atoms with van der Waals surface area (Å²) in [6, 6.07) is 5.12. The van der Waals surface area contributed by atoms with Gasteiger partial charge in [0.05, 0.1) is 11.9 Å². The van der Waals surface area contributed by atoms with Gasteiger partial charge in [0.1, 0.15) is 11.6 Å². The number of aromatic nitrogens is 2. The Morgan fingerprint density at radius 1 is 1.33 bits per heavy atom. The molecule has 0 aliphatic rings. The Labute approximate surface area is 141 Å². The standard InChI is InChI=1S/C17H21N5O2/c1-12-9-14(18)17(20-10-12)24-13-6-7-15(19-11-13)21-16(23)5-4-8-22(2)3/h4-7,9-11H,8,18H2,1-3H3,(H,19,21,23)/b5-4+. The normalized spacial score (nSPS) is 11.0. The number of rotatable bonds is 6. The molecule has 2 heterocycles. The van der Waals surface area contributed by atoms with Gasteiger partial charge in [0, 0.05) is 18.8 Å². The van der Waals surface area contributed by atoms with Crippen molar-refractivity contribution in [3.05, 3.63) is 48.3 Å². The van der Waals surface area contributed by atoms with Crippen molar-refractivity contribution in [3.8, 4) is 11.6 Å². The number of aryl methyl sites for hydroxylation is 1. The van der Waals surface area contributed by atoms with Crippen molar-refractivity contribution < 1.29 is 9.53 Å². The molecule has 7 nitrogen and oxygen atoms in total. The number of nitrogen functional groups attached to an aromatic ring is 1. The number of ether oxygens (including phenoxy) is 1. The Hall–Kier alpha value is -2.93. The van der Waals surface area contributed by atoms with Crippen molar-refractivity contribution in [2.24, 2.45) is 0 Å². The zero-order chi connectivity index (χ0) is 17.5. The molecule has 0 saturated heterocycles. The van der Waals surface area contributed by atoms with Gasteiger partial charge in [-0.2, -0.15) is 0 Å². The van der Waals surface area contributed by atoms with Crippen molar-refractivity contribution in [3.63, 3.8) is 0 Å². The average Bonchev–Trinajstić information content (AvgIpc) is 2.51. The third-order valence-corrected chi connectivity index (χ3v) is 2.96. The minimum atomic E-state index is -0.234. The SMILES string of the molecule is Cc1cnc(Oc2ccc(NC(=O)/C=C/CN(C)C)nc2)c(N)c1. The van der Waals surface area contributed by atoms with Crippen molar-refractivity contribution in [2.45, 2.75) is 6.92 Å². The van der Waals surface area contributed by atoms with Crippen LogP contribution in [0.3, 0.4) is 0 Å². The highest BCUT2D eigenvalue weighted by Crippen LogP contribution is 2.25. The number of nitrogens with zero attached hydrogens (tertiary/aromatic N) is 3. The van der Waals surface area contributed by atoms with E-state index in [9.17, 15) is 4.79 Å². The van der Waals surface area contributed by atoms with Crippen LogP contribution >= 0.6 is 0 Å². The predicted molar refractivity (Wildman–Crippen MR) is 94.0 cm³/mol. The molecule has 126 valence electrons. The molecule has 0 atom stereocenters. The number of carbonyl (C=O) groups excluding carboxylic acids is 1. The van der Waals surface area contributed by atoms with Crippen LogP contribution in [0.25, 0.3) is 0 Å². The molecule has 24 heavy (non-hydrogen) atoms. The first-order chi connectivity index (χ1) is 11.4. The average molecular weight is 327 g/mol. The van der Waals surface area contributed by atoms with E-state index in [-0.39, 0.29) is 5.91 Å². The van der Waals surface area contributed by atoms with Gasteiger partial charge in [-0.15, -0.1) is 0 Å². The van der Waals surface area contributed by atoms with Crippen LogP contribution in [-0.2, 0) is 4.79 Å². The second-order valence-electron chi connectivity index (χ2n) is 5.54. The highest BCUT2D eigenvalue weighted by molar-refractivity contribution is 5.98. The molecule has 0 radical (unpaired) electrons. The van der Waals surface area contributed by atoms with Crippen molar-refractivity contribution in [2.75, 3.05) is 31.7 Å². The van der Waals surface area contributed by atoms with Crippen LogP contribution in [0.5, 0.6) is 11.6 Å². The lowest BCUT2D eigenvalue weighted by Crippen LogP contribution is -2.13. The maximum Gasteiger partial charge on any atom is 0.249 e. The molecular formula is C17H21N5O2. The van der Waals surface area contributed by atoms with Gasteiger partial charge >= 0.3 is 0 Å². The van der Waals surface area contributed by atoms with E-state index in [4.69, 9.17) is 10.5 Å². The summed E-state index contributed by atoms with van der Waals surface area (Å²) in [7, 11) is 3.86. The summed E-state index contributed by atoms with van der Waals surface area (Å²) in [5.74, 6) is 1.01. The lowest BCUT2D eigenvalue weighted by Gasteiger charge is -2.08. The highest BCUT2D eigenvalue weighted by Gasteiger charge is 2.05. The minimum absolute atomic E-state index is 0.234. The fourth-order valence-corrected chi connectivity index (χ4v) is 1.83. The first-order valence-corrected chi connectivity index (χ1v) is 7.42. The van der Waals surface area contributed by atoms with Crippen LogP contribution in [0.1, 0.15) is 5.56 Å². The van der Waals surface area contributed by atoms with Gasteiger partial charge in [0.2, 0.25) is 11.8 Å². The molecule has 2 aromatic rings. The number of nitrogens with two attached hydrogens (primary N) is 1. The Morgan fingerprint density at radius 2 is 2.12 bits per heavy atom. The third kappa shape index (κ3) is 5.36. The molecule has 3 N–H and O–H groups in total. The van der Waals surface area contributed by atoms with E-state index in [2.05, 4.69) is 15.3 Å². The van der Waals surface area contributed by atoms with E-state index in [0.717, 1.165) is 5.56 Å². The maximum absolute atomic E-state index is 11.7. The number of likely N-dealkylation sites (N-methyl/N-ethyl adjacent to an activating group) is 1. The summed E-state index contributed by atoms with van der Waals surface area (Å²) in [5, 5.41) is 2.67. The Kier molecular flexibility index (Phi) is 5.86. The van der Waals surface area contributed by atoms with E-state index in [0.29, 0.717) is 29.7 Å². The quantitative estimate of drug-likeness (QED) is 0.790. The van der Waals surface area contributed by atoms with E-state index in [1.54, 1.807) is 30.5 Å². The van der Waals surface area contributed by atoms with E-state index in [1.165, 1.54) is 12.3 Å². The van der Waals surface area contributed by atoms with Crippen LogP contribution in [0.4, 0.5) is 11.5 Å². The molecular weight excluding hydrogens is 306 g/mol. The first-order valence-electron chi connectivity index (χ1n) is 7.42. The maximum atomic E-state index is 11.7. The molecule has 0 unspecified atom stereocenters. The zero-order valence-corrected chi connectivity index (χ0v) is 14.0. The highest BCUT2D eigenvalue weighted by atomic mass is 16.5. The van der Waals surface area contributed by atoms with Crippen molar-refractivity contribution in [1.29, 1.82) is 0 Å². The molecule has 0 fully saturated rings. The molecule has 2 aromatic heterocycles. The molecule has 0 aromatic carbocycles. The molecule has 0 aliphatic carbocycles. The molecule has 1 amide bonds. The van der Waals surface area contributed by atoms with Crippen molar-refractivity contribution in [1.82, 2.24) is 14.9 Å². The zero-order valence-electron chi connectivity index (χ0n) is 14.0. The Morgan fingerprint density at radius 3 is 2.75 bits per heavy atom. The molecule has 7 heteroatoms. The Balaban J connectivity index is 1.95. The number of hydrogen-bond acceptors (Lipinski definition) is 6. The van der Waals surface area contributed by atoms with Crippen LogP contribution in [0, 0.1) is 6.92 Å². The van der Waals surface area contributed by atoms with Gasteiger partial charge in [-0.1, -0.05) is 6.08 Å². The number of amides is 1. The van der Waals surface area contributed by atoms with Gasteiger partial charge in [0.25, 0.3) is 0 Å². The second-order valence-corrected chi connectivity index (χ2v) is 5.54. The van der Waals surface area contributed by atoms with Gasteiger partial charge < -0.3 is 20.7 Å². The largest absolute Gasteiger partial charge is 0.435 e. The summed E-state index contributed by atoms with van der Waals surface area (Å²) in [5.41, 5.74) is 7.27. The smallest absolute Gasteiger partial charge is 0.249 e. The minimum Gasteiger partial charge on any atom is -0.435 e. The van der Waals surface area contributed by atoms with E-state index < -0.39 is 0 Å². The Bertz CT molecular complexity index is 726. The first kappa shape index (κ1) is 17.4. The van der Waals surface area contributed by atoms with Crippen LogP contribution in [0.15, 0.2) is 42.7 Å². The third-order valence-electron chi connectivity index (χ3n) is 2.96. The molecule has 2 rings (SSSR count). The topological polar surface area (TPSA) is 93.4 Å². The van der Waals surface area contributed by atoms with E-state index >= 15 is 0 Å². The lowest BCUT2D eigenvalue weighted by atomic mass is 10.3. The number of nitrogens with one attached hydrogen (secondary N) is 1. The molecule has 0 saturated carbocycles. The fourth-order valence-electron chi connectivity index (χ4n) is 1.83. The fraction of sp³-hybridized carbons (Fsp3) is 0.235. The molecule has 0 bridgehead atoms. The number of hydrogen-bond donors (Lipinski definition) is 2. The summed E-state index contributed by atoms with van der Waals surface area (Å²) >= 11 is 0. The number of carbonyl (C=O) groups is 1. The summed E-state index contributed by atoms with van der Waals surface area (Å²) in [6.07, 6.45) is 6.43. The van der Waals surface area contributed by atoms with Crippen LogP contribution in [-0.4, -0.2) is 41.4 Å². The summed E-state index contributed by atoms with van der Waals surface area (Å²) < 4.78 is 5.58. The van der Waals surface area contributed by atoms with Gasteiger partial charge in [-0.3, -0.25) is 4.79 Å². The molecule has 0 spiro atoms. The number of pyridine rings is 2. The predicted octanol–water partition coefficient (Wildman–Crippen LogP) is 2.22.